The lowest BCUT2D eigenvalue weighted by atomic mass is 10.2. The van der Waals surface area contributed by atoms with Crippen LogP contribution in [0, 0.1) is 11.6 Å². The van der Waals surface area contributed by atoms with Gasteiger partial charge in [-0.25, -0.2) is 8.78 Å². The summed E-state index contributed by atoms with van der Waals surface area (Å²) in [6, 6.07) is 8.16. The maximum Gasteiger partial charge on any atom is 0.184 e. The Morgan fingerprint density at radius 2 is 1.95 bits per heavy atom. The normalized spacial score (nSPS) is 12.0. The van der Waals surface area contributed by atoms with Crippen molar-refractivity contribution in [2.24, 2.45) is 0 Å². The van der Waals surface area contributed by atoms with E-state index in [9.17, 15) is 13.9 Å². The number of aliphatic hydroxyl groups excluding tert-OH is 2. The van der Waals surface area contributed by atoms with Crippen LogP contribution in [0.3, 0.4) is 0 Å². The van der Waals surface area contributed by atoms with E-state index in [0.717, 1.165) is 6.07 Å². The summed E-state index contributed by atoms with van der Waals surface area (Å²) in [5.74, 6) is -1.81. The second kappa shape index (κ2) is 7.40. The highest BCUT2D eigenvalue weighted by molar-refractivity contribution is 6.30. The quantitative estimate of drug-likeness (QED) is 0.762. The van der Waals surface area contributed by atoms with E-state index in [0.29, 0.717) is 5.69 Å². The molecule has 2 aromatic rings. The third-order valence-electron chi connectivity index (χ3n) is 2.82. The molecule has 0 saturated carbocycles. The van der Waals surface area contributed by atoms with Crippen LogP contribution in [-0.4, -0.2) is 29.5 Å². The van der Waals surface area contributed by atoms with Crippen LogP contribution in [0.15, 0.2) is 36.4 Å². The first-order chi connectivity index (χ1) is 10.5. The molecule has 0 amide bonds. The number of nitrogens with one attached hydrogen (secondary N) is 1. The zero-order chi connectivity index (χ0) is 16.1. The molecule has 118 valence electrons. The van der Waals surface area contributed by atoms with Crippen LogP contribution in [0.4, 0.5) is 14.5 Å². The first kappa shape index (κ1) is 16.5. The smallest absolute Gasteiger partial charge is 0.184 e. The molecule has 0 fully saturated rings. The van der Waals surface area contributed by atoms with Gasteiger partial charge in [-0.15, -0.1) is 0 Å². The van der Waals surface area contributed by atoms with Crippen LogP contribution in [0.25, 0.3) is 0 Å². The molecule has 0 spiro atoms. The van der Waals surface area contributed by atoms with Gasteiger partial charge >= 0.3 is 0 Å². The van der Waals surface area contributed by atoms with E-state index in [1.165, 1.54) is 30.3 Å². The van der Waals surface area contributed by atoms with Crippen molar-refractivity contribution >= 4 is 17.3 Å². The zero-order valence-corrected chi connectivity index (χ0v) is 12.1. The molecule has 1 unspecified atom stereocenters. The molecule has 1 atom stereocenters. The summed E-state index contributed by atoms with van der Waals surface area (Å²) >= 11 is 5.63. The minimum Gasteiger partial charge on any atom is -0.451 e. The molecule has 2 rings (SSSR count). The third kappa shape index (κ3) is 4.07. The van der Waals surface area contributed by atoms with Crippen molar-refractivity contribution in [3.05, 3.63) is 53.1 Å². The van der Waals surface area contributed by atoms with Gasteiger partial charge in [-0.3, -0.25) is 0 Å². The standard InChI is InChI=1S/C15H14ClF2NO3/c16-11-2-1-3-14(15(11)18)22-13-5-4-9(6-12(13)17)19-7-10(21)8-20/h1-6,10,19-21H,7-8H2. The van der Waals surface area contributed by atoms with E-state index in [-0.39, 0.29) is 23.1 Å². The van der Waals surface area contributed by atoms with Gasteiger partial charge in [0.2, 0.25) is 0 Å². The van der Waals surface area contributed by atoms with Gasteiger partial charge in [-0.1, -0.05) is 17.7 Å². The fraction of sp³-hybridized carbons (Fsp3) is 0.200. The molecule has 0 bridgehead atoms. The SMILES string of the molecule is OCC(O)CNc1ccc(Oc2cccc(Cl)c2F)c(F)c1. The zero-order valence-electron chi connectivity index (χ0n) is 11.4. The van der Waals surface area contributed by atoms with Gasteiger partial charge in [0.1, 0.15) is 0 Å². The van der Waals surface area contributed by atoms with Gasteiger partial charge in [-0.2, -0.15) is 0 Å². The average molecular weight is 330 g/mol. The van der Waals surface area contributed by atoms with E-state index in [1.807, 2.05) is 0 Å². The van der Waals surface area contributed by atoms with E-state index < -0.39 is 24.3 Å². The van der Waals surface area contributed by atoms with Crippen LogP contribution < -0.4 is 10.1 Å². The summed E-state index contributed by atoms with van der Waals surface area (Å²) in [7, 11) is 0. The van der Waals surface area contributed by atoms with Gasteiger partial charge in [0.25, 0.3) is 0 Å². The van der Waals surface area contributed by atoms with E-state index >= 15 is 0 Å². The van der Waals surface area contributed by atoms with Crippen LogP contribution in [0.2, 0.25) is 5.02 Å². The summed E-state index contributed by atoms with van der Waals surface area (Å²) in [5, 5.41) is 20.5. The second-order valence-corrected chi connectivity index (χ2v) is 4.92. The summed E-state index contributed by atoms with van der Waals surface area (Å²) in [6.07, 6.45) is -0.945. The van der Waals surface area contributed by atoms with Gasteiger partial charge in [0.15, 0.2) is 23.1 Å². The summed E-state index contributed by atoms with van der Waals surface area (Å²) < 4.78 is 32.8. The van der Waals surface area contributed by atoms with Gasteiger partial charge in [-0.05, 0) is 24.3 Å². The lowest BCUT2D eigenvalue weighted by Gasteiger charge is -2.12. The molecule has 22 heavy (non-hydrogen) atoms. The molecule has 2 aromatic carbocycles. The Labute approximate surface area is 130 Å². The largest absolute Gasteiger partial charge is 0.451 e. The molecule has 0 saturated heterocycles. The molecule has 4 nitrogen and oxygen atoms in total. The Hall–Kier alpha value is -1.89. The molecular weight excluding hydrogens is 316 g/mol. The molecule has 0 aliphatic heterocycles. The van der Waals surface area contributed by atoms with Crippen molar-refractivity contribution in [3.8, 4) is 11.5 Å². The first-order valence-corrected chi connectivity index (χ1v) is 6.83. The maximum absolute atomic E-state index is 13.9. The Bertz CT molecular complexity index is 655. The van der Waals surface area contributed by atoms with Gasteiger partial charge < -0.3 is 20.3 Å². The maximum atomic E-state index is 13.9. The number of aliphatic hydroxyl groups is 2. The lowest BCUT2D eigenvalue weighted by molar-refractivity contribution is 0.105. The Kier molecular flexibility index (Phi) is 5.54. The molecular formula is C15H14ClF2NO3. The van der Waals surface area contributed by atoms with Crippen molar-refractivity contribution in [1.29, 1.82) is 0 Å². The molecule has 7 heteroatoms. The predicted molar refractivity (Wildman–Crippen MR) is 79.5 cm³/mol. The van der Waals surface area contributed by atoms with Crippen molar-refractivity contribution < 1.29 is 23.7 Å². The number of ether oxygens (including phenoxy) is 1. The number of hydrogen-bond acceptors (Lipinski definition) is 4. The highest BCUT2D eigenvalue weighted by Gasteiger charge is 2.12. The second-order valence-electron chi connectivity index (χ2n) is 4.52. The molecule has 0 aliphatic rings. The topological polar surface area (TPSA) is 61.7 Å². The fourth-order valence-corrected chi connectivity index (χ4v) is 1.84. The van der Waals surface area contributed by atoms with Crippen molar-refractivity contribution in [2.75, 3.05) is 18.5 Å². The Morgan fingerprint density at radius 1 is 1.18 bits per heavy atom. The minimum atomic E-state index is -0.945. The number of halogens is 3. The van der Waals surface area contributed by atoms with Crippen molar-refractivity contribution in [2.45, 2.75) is 6.10 Å². The highest BCUT2D eigenvalue weighted by atomic mass is 35.5. The summed E-state index contributed by atoms with van der Waals surface area (Å²) in [6.45, 7) is -0.330. The van der Waals surface area contributed by atoms with Crippen LogP contribution in [-0.2, 0) is 0 Å². The molecule has 0 aliphatic carbocycles. The first-order valence-electron chi connectivity index (χ1n) is 6.45. The number of hydrogen-bond donors (Lipinski definition) is 3. The number of benzene rings is 2. The molecule has 0 radical (unpaired) electrons. The van der Waals surface area contributed by atoms with E-state index in [1.54, 1.807) is 0 Å². The number of anilines is 1. The summed E-state index contributed by atoms with van der Waals surface area (Å²) in [5.41, 5.74) is 0.393. The minimum absolute atomic E-state index is 0.0685. The third-order valence-corrected chi connectivity index (χ3v) is 3.11. The van der Waals surface area contributed by atoms with Crippen molar-refractivity contribution in [1.82, 2.24) is 0 Å². The Balaban J connectivity index is 2.11. The lowest BCUT2D eigenvalue weighted by Crippen LogP contribution is -2.22. The number of rotatable bonds is 6. The van der Waals surface area contributed by atoms with Crippen LogP contribution >= 0.6 is 11.6 Å². The van der Waals surface area contributed by atoms with Crippen LogP contribution in [0.1, 0.15) is 0 Å². The van der Waals surface area contributed by atoms with Crippen molar-refractivity contribution in [3.63, 3.8) is 0 Å². The summed E-state index contributed by atoms with van der Waals surface area (Å²) in [4.78, 5) is 0. The van der Waals surface area contributed by atoms with E-state index in [4.69, 9.17) is 21.4 Å². The van der Waals surface area contributed by atoms with Gasteiger partial charge in [0, 0.05) is 18.3 Å². The monoisotopic (exact) mass is 329 g/mol. The molecule has 0 heterocycles. The predicted octanol–water partition coefficient (Wildman–Crippen LogP) is 3.18. The van der Waals surface area contributed by atoms with Gasteiger partial charge in [0.05, 0.1) is 17.7 Å². The fourth-order valence-electron chi connectivity index (χ4n) is 1.68. The Morgan fingerprint density at radius 3 is 2.64 bits per heavy atom. The van der Waals surface area contributed by atoms with E-state index in [2.05, 4.69) is 5.32 Å². The highest BCUT2D eigenvalue weighted by Crippen LogP contribution is 2.31. The molecule has 0 aromatic heterocycles. The molecule has 3 N–H and O–H groups in total. The van der Waals surface area contributed by atoms with Crippen LogP contribution in [0.5, 0.6) is 11.5 Å². The average Bonchev–Trinajstić information content (AvgIpc) is 2.51.